The molecule has 2 aliphatic rings. The van der Waals surface area contributed by atoms with E-state index in [-0.39, 0.29) is 0 Å². The van der Waals surface area contributed by atoms with Crippen molar-refractivity contribution in [1.82, 2.24) is 10.2 Å². The maximum atomic E-state index is 5.20. The molecule has 2 fully saturated rings. The van der Waals surface area contributed by atoms with Crippen LogP contribution >= 0.6 is 0 Å². The van der Waals surface area contributed by atoms with Crippen LogP contribution in [0.5, 0.6) is 5.75 Å². The predicted octanol–water partition coefficient (Wildman–Crippen LogP) is 2.58. The van der Waals surface area contributed by atoms with Gasteiger partial charge in [0.1, 0.15) is 5.75 Å². The molecule has 3 nitrogen and oxygen atoms in total. The van der Waals surface area contributed by atoms with E-state index in [9.17, 15) is 0 Å². The van der Waals surface area contributed by atoms with E-state index in [1.807, 2.05) is 12.1 Å². The van der Waals surface area contributed by atoms with Crippen LogP contribution in [0.4, 0.5) is 0 Å². The Bertz CT molecular complexity index is 413. The van der Waals surface area contributed by atoms with E-state index < -0.39 is 0 Å². The second-order valence-electron chi connectivity index (χ2n) is 5.87. The molecule has 3 heteroatoms. The molecule has 1 N–H and O–H groups in total. The van der Waals surface area contributed by atoms with E-state index in [1.54, 1.807) is 7.11 Å². The van der Waals surface area contributed by atoms with Gasteiger partial charge in [-0.1, -0.05) is 12.1 Å². The first-order valence-electron chi connectivity index (χ1n) is 7.40. The normalized spacial score (nSPS) is 25.5. The van der Waals surface area contributed by atoms with Crippen molar-refractivity contribution < 1.29 is 4.74 Å². The van der Waals surface area contributed by atoms with Crippen LogP contribution in [0.25, 0.3) is 0 Å². The van der Waals surface area contributed by atoms with Crippen molar-refractivity contribution in [2.45, 2.75) is 44.3 Å². The average Bonchev–Trinajstić information content (AvgIpc) is 3.20. The van der Waals surface area contributed by atoms with Crippen LogP contribution in [-0.2, 0) is 0 Å². The van der Waals surface area contributed by atoms with Gasteiger partial charge in [-0.05, 0) is 43.9 Å². The molecule has 0 spiro atoms. The standard InChI is InChI=1S/C16H24N2O/c1-12(13-3-7-16(19-2)8-4-13)17-14-9-10-18(11-14)15-5-6-15/h3-4,7-8,12,14-15,17H,5-6,9-11H2,1-2H3/t12-,14?/m0/s1. The van der Waals surface area contributed by atoms with Gasteiger partial charge in [0.25, 0.3) is 0 Å². The van der Waals surface area contributed by atoms with Crippen molar-refractivity contribution in [2.24, 2.45) is 0 Å². The third kappa shape index (κ3) is 3.10. The van der Waals surface area contributed by atoms with E-state index >= 15 is 0 Å². The molecular weight excluding hydrogens is 236 g/mol. The fourth-order valence-corrected chi connectivity index (χ4v) is 3.04. The van der Waals surface area contributed by atoms with Crippen molar-refractivity contribution >= 4 is 0 Å². The number of nitrogens with one attached hydrogen (secondary N) is 1. The van der Waals surface area contributed by atoms with Crippen molar-refractivity contribution in [3.05, 3.63) is 29.8 Å². The quantitative estimate of drug-likeness (QED) is 0.880. The highest BCUT2D eigenvalue weighted by atomic mass is 16.5. The summed E-state index contributed by atoms with van der Waals surface area (Å²) in [5, 5.41) is 3.76. The number of likely N-dealkylation sites (tertiary alicyclic amines) is 1. The number of rotatable bonds is 5. The van der Waals surface area contributed by atoms with Gasteiger partial charge in [-0.3, -0.25) is 4.90 Å². The number of methoxy groups -OCH3 is 1. The second-order valence-corrected chi connectivity index (χ2v) is 5.87. The fourth-order valence-electron chi connectivity index (χ4n) is 3.04. The minimum absolute atomic E-state index is 0.412. The number of benzene rings is 1. The highest BCUT2D eigenvalue weighted by Gasteiger charge is 2.34. The van der Waals surface area contributed by atoms with Crippen molar-refractivity contribution in [3.8, 4) is 5.75 Å². The highest BCUT2D eigenvalue weighted by molar-refractivity contribution is 5.28. The van der Waals surface area contributed by atoms with Gasteiger partial charge >= 0.3 is 0 Å². The van der Waals surface area contributed by atoms with Crippen LogP contribution in [0.1, 0.15) is 37.8 Å². The molecule has 1 unspecified atom stereocenters. The molecule has 3 rings (SSSR count). The number of hydrogen-bond acceptors (Lipinski definition) is 3. The van der Waals surface area contributed by atoms with Crippen molar-refractivity contribution in [3.63, 3.8) is 0 Å². The summed E-state index contributed by atoms with van der Waals surface area (Å²) in [7, 11) is 1.71. The van der Waals surface area contributed by atoms with Gasteiger partial charge in [-0.15, -0.1) is 0 Å². The summed E-state index contributed by atoms with van der Waals surface area (Å²) in [5.41, 5.74) is 1.34. The molecule has 19 heavy (non-hydrogen) atoms. The van der Waals surface area contributed by atoms with Crippen LogP contribution in [0.15, 0.2) is 24.3 Å². The van der Waals surface area contributed by atoms with Gasteiger partial charge in [0, 0.05) is 31.2 Å². The predicted molar refractivity (Wildman–Crippen MR) is 77.5 cm³/mol. The molecule has 1 aromatic carbocycles. The third-order valence-corrected chi connectivity index (χ3v) is 4.38. The Hall–Kier alpha value is -1.06. The van der Waals surface area contributed by atoms with Gasteiger partial charge < -0.3 is 10.1 Å². The maximum Gasteiger partial charge on any atom is 0.118 e. The molecule has 1 heterocycles. The Morgan fingerprint density at radius 1 is 1.21 bits per heavy atom. The SMILES string of the molecule is COc1ccc([C@H](C)NC2CCN(C3CC3)C2)cc1. The summed E-state index contributed by atoms with van der Waals surface area (Å²) in [4.78, 5) is 2.65. The molecule has 0 amide bonds. The first kappa shape index (κ1) is 12.9. The lowest BCUT2D eigenvalue weighted by molar-refractivity contribution is 0.313. The Balaban J connectivity index is 1.53. The maximum absolute atomic E-state index is 5.20. The molecule has 0 aromatic heterocycles. The van der Waals surface area contributed by atoms with E-state index in [0.29, 0.717) is 12.1 Å². The zero-order valence-electron chi connectivity index (χ0n) is 11.9. The average molecular weight is 260 g/mol. The Morgan fingerprint density at radius 3 is 2.58 bits per heavy atom. The lowest BCUT2D eigenvalue weighted by atomic mass is 10.1. The number of ether oxygens (including phenoxy) is 1. The second kappa shape index (κ2) is 5.51. The third-order valence-electron chi connectivity index (χ3n) is 4.38. The zero-order valence-corrected chi connectivity index (χ0v) is 11.9. The van der Waals surface area contributed by atoms with E-state index in [2.05, 4.69) is 29.3 Å². The minimum atomic E-state index is 0.412. The topological polar surface area (TPSA) is 24.5 Å². The smallest absolute Gasteiger partial charge is 0.118 e. The van der Waals surface area contributed by atoms with Crippen LogP contribution in [0, 0.1) is 0 Å². The van der Waals surface area contributed by atoms with Crippen LogP contribution < -0.4 is 10.1 Å². The molecule has 1 aliphatic carbocycles. The summed E-state index contributed by atoms with van der Waals surface area (Å²) in [5.74, 6) is 0.928. The van der Waals surface area contributed by atoms with E-state index in [4.69, 9.17) is 4.74 Å². The summed E-state index contributed by atoms with van der Waals surface area (Å²) < 4.78 is 5.20. The molecule has 2 atom stereocenters. The number of hydrogen-bond donors (Lipinski definition) is 1. The largest absolute Gasteiger partial charge is 0.497 e. The Labute approximate surface area is 115 Å². The molecule has 1 aliphatic heterocycles. The lowest BCUT2D eigenvalue weighted by Gasteiger charge is -2.21. The van der Waals surface area contributed by atoms with E-state index in [1.165, 1.54) is 37.9 Å². The monoisotopic (exact) mass is 260 g/mol. The van der Waals surface area contributed by atoms with Gasteiger partial charge in [-0.25, -0.2) is 0 Å². The summed E-state index contributed by atoms with van der Waals surface area (Å²) in [6.45, 7) is 4.75. The molecule has 0 bridgehead atoms. The lowest BCUT2D eigenvalue weighted by Crippen LogP contribution is -2.34. The molecular formula is C16H24N2O. The summed E-state index contributed by atoms with van der Waals surface area (Å²) in [6.07, 6.45) is 4.12. The van der Waals surface area contributed by atoms with E-state index in [0.717, 1.165) is 11.8 Å². The van der Waals surface area contributed by atoms with Crippen LogP contribution in [-0.4, -0.2) is 37.2 Å². The van der Waals surface area contributed by atoms with Crippen LogP contribution in [0.3, 0.4) is 0 Å². The Kier molecular flexibility index (Phi) is 3.76. The molecule has 1 saturated heterocycles. The fraction of sp³-hybridized carbons (Fsp3) is 0.625. The van der Waals surface area contributed by atoms with Gasteiger partial charge in [0.15, 0.2) is 0 Å². The van der Waals surface area contributed by atoms with Gasteiger partial charge in [-0.2, -0.15) is 0 Å². The summed E-state index contributed by atoms with van der Waals surface area (Å²) >= 11 is 0. The summed E-state index contributed by atoms with van der Waals surface area (Å²) in [6, 6.07) is 10.4. The first-order chi connectivity index (χ1) is 9.26. The molecule has 104 valence electrons. The minimum Gasteiger partial charge on any atom is -0.497 e. The van der Waals surface area contributed by atoms with Crippen molar-refractivity contribution in [2.75, 3.05) is 20.2 Å². The molecule has 1 aromatic rings. The molecule has 0 radical (unpaired) electrons. The first-order valence-corrected chi connectivity index (χ1v) is 7.40. The van der Waals surface area contributed by atoms with Crippen molar-refractivity contribution in [1.29, 1.82) is 0 Å². The highest BCUT2D eigenvalue weighted by Crippen LogP contribution is 2.30. The zero-order chi connectivity index (χ0) is 13.2. The Morgan fingerprint density at radius 2 is 1.95 bits per heavy atom. The van der Waals surface area contributed by atoms with Gasteiger partial charge in [0.2, 0.25) is 0 Å². The van der Waals surface area contributed by atoms with Crippen LogP contribution in [0.2, 0.25) is 0 Å². The number of nitrogens with zero attached hydrogens (tertiary/aromatic N) is 1. The van der Waals surface area contributed by atoms with Gasteiger partial charge in [0.05, 0.1) is 7.11 Å². The molecule has 1 saturated carbocycles.